The summed E-state index contributed by atoms with van der Waals surface area (Å²) in [7, 11) is 0. The van der Waals surface area contributed by atoms with Gasteiger partial charge in [0.15, 0.2) is 0 Å². The van der Waals surface area contributed by atoms with E-state index in [1.165, 1.54) is 11.1 Å². The zero-order chi connectivity index (χ0) is 18.5. The monoisotopic (exact) mass is 351 g/mol. The van der Waals surface area contributed by atoms with Crippen LogP contribution in [-0.2, 0) is 35.2 Å². The number of carbonyl (C=O) groups is 1. The van der Waals surface area contributed by atoms with Crippen LogP contribution in [-0.4, -0.2) is 29.9 Å². The first-order valence-electron chi connectivity index (χ1n) is 9.19. The number of aryl methyl sites for hydroxylation is 4. The van der Waals surface area contributed by atoms with Crippen LogP contribution in [0.15, 0.2) is 41.4 Å². The van der Waals surface area contributed by atoms with E-state index in [4.69, 9.17) is 4.74 Å². The quantitative estimate of drug-likeness (QED) is 0.676. The lowest BCUT2D eigenvalue weighted by molar-refractivity contribution is -0.144. The molecule has 0 aromatic heterocycles. The van der Waals surface area contributed by atoms with Crippen LogP contribution in [0.2, 0.25) is 0 Å². The van der Waals surface area contributed by atoms with E-state index in [1.54, 1.807) is 20.1 Å². The number of nitrogens with zero attached hydrogens (tertiary/aromatic N) is 1. The summed E-state index contributed by atoms with van der Waals surface area (Å²) in [6.07, 6.45) is 4.97. The number of hydrogen-bond acceptors (Lipinski definition) is 4. The van der Waals surface area contributed by atoms with Gasteiger partial charge in [0.25, 0.3) is 0 Å². The minimum atomic E-state index is -0.587. The molecule has 0 amide bonds. The molecule has 4 nitrogen and oxygen atoms in total. The lowest BCUT2D eigenvalue weighted by Crippen LogP contribution is -2.18. The van der Waals surface area contributed by atoms with Gasteiger partial charge in [-0.2, -0.15) is 0 Å². The fraction of sp³-hybridized carbons (Fsp3) is 0.364. The molecule has 1 N–H and O–H groups in total. The van der Waals surface area contributed by atoms with Crippen LogP contribution >= 0.6 is 0 Å². The molecule has 4 bridgehead atoms. The largest absolute Gasteiger partial charge is 0.507 e. The minimum Gasteiger partial charge on any atom is -0.507 e. The lowest BCUT2D eigenvalue weighted by atomic mass is 9.92. The molecule has 0 aliphatic heterocycles. The normalized spacial score (nSPS) is 14.8. The number of benzene rings is 2. The van der Waals surface area contributed by atoms with Gasteiger partial charge in [0.1, 0.15) is 11.8 Å². The summed E-state index contributed by atoms with van der Waals surface area (Å²) in [5.41, 5.74) is 5.21. The number of rotatable bonds is 4. The Bertz CT molecular complexity index is 809. The molecule has 0 heterocycles. The van der Waals surface area contributed by atoms with Crippen LogP contribution in [0.1, 0.15) is 41.7 Å². The summed E-state index contributed by atoms with van der Waals surface area (Å²) in [4.78, 5) is 16.1. The molecule has 0 fully saturated rings. The Balaban J connectivity index is 1.92. The maximum atomic E-state index is 11.8. The van der Waals surface area contributed by atoms with E-state index in [9.17, 15) is 9.90 Å². The van der Waals surface area contributed by atoms with Crippen LogP contribution in [0.3, 0.4) is 0 Å². The Morgan fingerprint density at radius 1 is 1.08 bits per heavy atom. The van der Waals surface area contributed by atoms with E-state index in [1.807, 2.05) is 6.07 Å². The third kappa shape index (κ3) is 4.13. The highest BCUT2D eigenvalue weighted by molar-refractivity contribution is 5.88. The molecule has 1 atom stereocenters. The van der Waals surface area contributed by atoms with E-state index in [-0.39, 0.29) is 11.7 Å². The number of esters is 1. The zero-order valence-electron chi connectivity index (χ0n) is 15.4. The lowest BCUT2D eigenvalue weighted by Gasteiger charge is -2.15. The van der Waals surface area contributed by atoms with Crippen molar-refractivity contribution in [3.05, 3.63) is 64.2 Å². The molecule has 4 aliphatic rings. The highest BCUT2D eigenvalue weighted by Gasteiger charge is 2.15. The van der Waals surface area contributed by atoms with Gasteiger partial charge in [0.05, 0.1) is 6.61 Å². The number of ether oxygens (including phenoxy) is 1. The zero-order valence-corrected chi connectivity index (χ0v) is 15.4. The number of aromatic hydroxyl groups is 1. The molecule has 0 spiro atoms. The van der Waals surface area contributed by atoms with E-state index >= 15 is 0 Å². The summed E-state index contributed by atoms with van der Waals surface area (Å²) in [6, 6.07) is 12.2. The first-order valence-corrected chi connectivity index (χ1v) is 9.19. The Kier molecular flexibility index (Phi) is 5.71. The van der Waals surface area contributed by atoms with Crippen molar-refractivity contribution in [2.75, 3.05) is 6.61 Å². The molecule has 4 aliphatic carbocycles. The molecule has 136 valence electrons. The maximum Gasteiger partial charge on any atom is 0.330 e. The number of phenolic OH excluding ortho intramolecular Hbond substituents is 1. The Morgan fingerprint density at radius 2 is 1.65 bits per heavy atom. The standard InChI is InChI=1S/C22H25NO3/c1-3-26-22(25)15(2)23-14-20-18-10-8-16-4-6-17(7-5-16)9-11-19(13-12-18)21(20)24/h4-7,12-15,24H,3,8-11H2,1-2H3. The Hall–Kier alpha value is -2.62. The highest BCUT2D eigenvalue weighted by Crippen LogP contribution is 2.28. The SMILES string of the molecule is CCOC(=O)C(C)N=Cc1c2ccc(c1O)CCc1ccc(cc1)CC2. The predicted octanol–water partition coefficient (Wildman–Crippen LogP) is 3.65. The van der Waals surface area contributed by atoms with Crippen LogP contribution in [0, 0.1) is 0 Å². The summed E-state index contributed by atoms with van der Waals surface area (Å²) < 4.78 is 5.00. The van der Waals surface area contributed by atoms with Gasteiger partial charge in [-0.05, 0) is 61.8 Å². The Labute approximate surface area is 154 Å². The number of hydrogen-bond donors (Lipinski definition) is 1. The number of carbonyl (C=O) groups excluding carboxylic acids is 1. The Morgan fingerprint density at radius 3 is 2.27 bits per heavy atom. The van der Waals surface area contributed by atoms with Gasteiger partial charge in [-0.25, -0.2) is 4.79 Å². The van der Waals surface area contributed by atoms with Gasteiger partial charge in [-0.1, -0.05) is 36.4 Å². The molecular weight excluding hydrogens is 326 g/mol. The second-order valence-corrected chi connectivity index (χ2v) is 6.67. The van der Waals surface area contributed by atoms with Crippen LogP contribution < -0.4 is 0 Å². The molecule has 1 unspecified atom stereocenters. The van der Waals surface area contributed by atoms with Gasteiger partial charge in [-0.15, -0.1) is 0 Å². The molecule has 0 saturated carbocycles. The molecule has 0 saturated heterocycles. The smallest absolute Gasteiger partial charge is 0.330 e. The summed E-state index contributed by atoms with van der Waals surface area (Å²) in [6.45, 7) is 3.82. The van der Waals surface area contributed by atoms with Crippen molar-refractivity contribution in [3.8, 4) is 5.75 Å². The summed E-state index contributed by atoms with van der Waals surface area (Å²) in [5.74, 6) is -0.0767. The van der Waals surface area contributed by atoms with Crippen molar-refractivity contribution in [3.63, 3.8) is 0 Å². The minimum absolute atomic E-state index is 0.275. The molecule has 2 aromatic rings. The molecule has 4 heteroatoms. The van der Waals surface area contributed by atoms with Crippen molar-refractivity contribution < 1.29 is 14.6 Å². The van der Waals surface area contributed by atoms with Gasteiger partial charge in [0, 0.05) is 11.8 Å². The third-order valence-electron chi connectivity index (χ3n) is 4.83. The van der Waals surface area contributed by atoms with Crippen molar-refractivity contribution in [2.45, 2.75) is 45.6 Å². The van der Waals surface area contributed by atoms with Crippen LogP contribution in [0.25, 0.3) is 0 Å². The summed E-state index contributed by atoms with van der Waals surface area (Å²) >= 11 is 0. The van der Waals surface area contributed by atoms with E-state index in [0.717, 1.165) is 36.8 Å². The fourth-order valence-electron chi connectivity index (χ4n) is 3.20. The van der Waals surface area contributed by atoms with Gasteiger partial charge in [0.2, 0.25) is 0 Å². The molecule has 0 radical (unpaired) electrons. The fourth-order valence-corrected chi connectivity index (χ4v) is 3.20. The van der Waals surface area contributed by atoms with Crippen molar-refractivity contribution in [1.82, 2.24) is 0 Å². The molecule has 6 rings (SSSR count). The highest BCUT2D eigenvalue weighted by atomic mass is 16.5. The average molecular weight is 351 g/mol. The van der Waals surface area contributed by atoms with Gasteiger partial charge < -0.3 is 9.84 Å². The van der Waals surface area contributed by atoms with E-state index in [0.29, 0.717) is 12.2 Å². The first-order chi connectivity index (χ1) is 12.6. The molecular formula is C22H25NO3. The average Bonchev–Trinajstić information content (AvgIpc) is 2.63. The van der Waals surface area contributed by atoms with Crippen LogP contribution in [0.5, 0.6) is 5.75 Å². The first kappa shape index (κ1) is 18.2. The molecule has 26 heavy (non-hydrogen) atoms. The number of phenols is 1. The van der Waals surface area contributed by atoms with E-state index in [2.05, 4.69) is 35.3 Å². The second kappa shape index (κ2) is 8.17. The van der Waals surface area contributed by atoms with Crippen molar-refractivity contribution in [1.29, 1.82) is 0 Å². The third-order valence-corrected chi connectivity index (χ3v) is 4.83. The predicted molar refractivity (Wildman–Crippen MR) is 103 cm³/mol. The number of aliphatic imine (C=N–C) groups is 1. The second-order valence-electron chi connectivity index (χ2n) is 6.67. The maximum absolute atomic E-state index is 11.8. The van der Waals surface area contributed by atoms with Crippen molar-refractivity contribution in [2.24, 2.45) is 4.99 Å². The van der Waals surface area contributed by atoms with E-state index < -0.39 is 6.04 Å². The van der Waals surface area contributed by atoms with Crippen molar-refractivity contribution >= 4 is 12.2 Å². The topological polar surface area (TPSA) is 58.9 Å². The molecule has 2 aromatic carbocycles. The summed E-state index contributed by atoms with van der Waals surface area (Å²) in [5, 5.41) is 10.8. The van der Waals surface area contributed by atoms with Gasteiger partial charge >= 0.3 is 5.97 Å². The van der Waals surface area contributed by atoms with Crippen LogP contribution in [0.4, 0.5) is 0 Å². The van der Waals surface area contributed by atoms with Gasteiger partial charge in [-0.3, -0.25) is 4.99 Å².